The Labute approximate surface area is 177 Å². The molecule has 0 aliphatic heterocycles. The van der Waals surface area contributed by atoms with E-state index in [9.17, 15) is 29.8 Å². The summed E-state index contributed by atoms with van der Waals surface area (Å²) in [6.45, 7) is 3.21. The van der Waals surface area contributed by atoms with Crippen LogP contribution in [0.25, 0.3) is 11.1 Å². The zero-order chi connectivity index (χ0) is 23.0. The van der Waals surface area contributed by atoms with Gasteiger partial charge >= 0.3 is 12.1 Å². The van der Waals surface area contributed by atoms with Gasteiger partial charge < -0.3 is 14.8 Å². The van der Waals surface area contributed by atoms with E-state index < -0.39 is 33.3 Å². The van der Waals surface area contributed by atoms with Gasteiger partial charge in [0.25, 0.3) is 11.4 Å². The summed E-state index contributed by atoms with van der Waals surface area (Å²) in [5, 5.41) is 25.1. The summed E-state index contributed by atoms with van der Waals surface area (Å²) >= 11 is 0. The van der Waals surface area contributed by atoms with Gasteiger partial charge in [-0.1, -0.05) is 25.5 Å². The number of esters is 1. The third kappa shape index (κ3) is 6.23. The number of alkyl carbamates (subject to hydrolysis) is 1. The molecule has 0 spiro atoms. The SMILES string of the molecule is CCCCOC(=O)NCc1c(OC(C)=O)cccc1-c1ccc([N+](=O)[O-])cc1[N+](=O)[O-]. The number of nitrogens with one attached hydrogen (secondary N) is 1. The highest BCUT2D eigenvalue weighted by Crippen LogP contribution is 2.38. The van der Waals surface area contributed by atoms with Gasteiger partial charge in [-0.15, -0.1) is 0 Å². The zero-order valence-corrected chi connectivity index (χ0v) is 17.0. The van der Waals surface area contributed by atoms with Crippen molar-refractivity contribution in [2.24, 2.45) is 0 Å². The average molecular weight is 431 g/mol. The van der Waals surface area contributed by atoms with Crippen LogP contribution in [0.2, 0.25) is 0 Å². The van der Waals surface area contributed by atoms with Crippen LogP contribution in [0.5, 0.6) is 5.75 Å². The number of carbonyl (C=O) groups is 2. The van der Waals surface area contributed by atoms with Crippen LogP contribution in [-0.4, -0.2) is 28.5 Å². The number of rotatable bonds is 9. The number of carbonyl (C=O) groups excluding carboxylic acids is 2. The number of unbranched alkanes of at least 4 members (excludes halogenated alkanes) is 1. The van der Waals surface area contributed by atoms with E-state index in [4.69, 9.17) is 9.47 Å². The molecule has 164 valence electrons. The smallest absolute Gasteiger partial charge is 0.407 e. The molecule has 2 aromatic carbocycles. The van der Waals surface area contributed by atoms with Gasteiger partial charge in [0.05, 0.1) is 34.6 Å². The fourth-order valence-corrected chi connectivity index (χ4v) is 2.78. The highest BCUT2D eigenvalue weighted by atomic mass is 16.6. The molecule has 0 bridgehead atoms. The highest BCUT2D eigenvalue weighted by molar-refractivity contribution is 5.81. The number of ether oxygens (including phenoxy) is 2. The van der Waals surface area contributed by atoms with Crippen LogP contribution in [0.15, 0.2) is 36.4 Å². The van der Waals surface area contributed by atoms with E-state index in [1.54, 1.807) is 0 Å². The topological polar surface area (TPSA) is 151 Å². The Hall–Kier alpha value is -4.02. The van der Waals surface area contributed by atoms with E-state index in [0.717, 1.165) is 18.6 Å². The molecule has 0 radical (unpaired) electrons. The van der Waals surface area contributed by atoms with Gasteiger partial charge in [0, 0.05) is 18.6 Å². The molecule has 0 saturated heterocycles. The first kappa shape index (κ1) is 23.3. The lowest BCUT2D eigenvalue weighted by molar-refractivity contribution is -0.393. The Morgan fingerprint density at radius 3 is 2.42 bits per heavy atom. The van der Waals surface area contributed by atoms with Gasteiger partial charge in [0.15, 0.2) is 0 Å². The minimum Gasteiger partial charge on any atom is -0.450 e. The summed E-state index contributed by atoms with van der Waals surface area (Å²) in [4.78, 5) is 44.6. The molecular weight excluding hydrogens is 410 g/mol. The number of nitro benzene ring substituents is 2. The first-order valence-corrected chi connectivity index (χ1v) is 9.38. The second kappa shape index (κ2) is 10.7. The molecular formula is C20H21N3O8. The fraction of sp³-hybridized carbons (Fsp3) is 0.300. The second-order valence-corrected chi connectivity index (χ2v) is 6.43. The summed E-state index contributed by atoms with van der Waals surface area (Å²) in [7, 11) is 0. The summed E-state index contributed by atoms with van der Waals surface area (Å²) in [6.07, 6.45) is 0.837. The molecule has 1 N–H and O–H groups in total. The van der Waals surface area contributed by atoms with Gasteiger partial charge in [-0.3, -0.25) is 25.0 Å². The molecule has 0 fully saturated rings. The number of nitro groups is 2. The lowest BCUT2D eigenvalue weighted by atomic mass is 9.97. The minimum atomic E-state index is -0.739. The molecule has 2 aromatic rings. The van der Waals surface area contributed by atoms with Gasteiger partial charge in [-0.05, 0) is 24.1 Å². The van der Waals surface area contributed by atoms with Crippen molar-refractivity contribution in [1.29, 1.82) is 0 Å². The Morgan fingerprint density at radius 2 is 1.81 bits per heavy atom. The van der Waals surface area contributed by atoms with E-state index in [1.165, 1.54) is 31.2 Å². The number of benzene rings is 2. The maximum atomic E-state index is 11.9. The lowest BCUT2D eigenvalue weighted by Gasteiger charge is -2.15. The standard InChI is InChI=1S/C20H21N3O8/c1-3-4-10-30-20(25)21-12-17-15(6-5-7-19(17)31-13(2)24)16-9-8-14(22(26)27)11-18(16)23(28)29/h5-9,11H,3-4,10,12H2,1-2H3,(H,21,25). The van der Waals surface area contributed by atoms with Gasteiger partial charge in [0.2, 0.25) is 0 Å². The third-order valence-corrected chi connectivity index (χ3v) is 4.21. The maximum absolute atomic E-state index is 11.9. The maximum Gasteiger partial charge on any atom is 0.407 e. The van der Waals surface area contributed by atoms with Crippen LogP contribution in [0.1, 0.15) is 32.3 Å². The normalized spacial score (nSPS) is 10.3. The van der Waals surface area contributed by atoms with E-state index >= 15 is 0 Å². The molecule has 0 unspecified atom stereocenters. The molecule has 0 aliphatic rings. The summed E-state index contributed by atoms with van der Waals surface area (Å²) in [5.74, 6) is -0.534. The molecule has 0 saturated carbocycles. The highest BCUT2D eigenvalue weighted by Gasteiger charge is 2.24. The molecule has 11 heteroatoms. The van der Waals surface area contributed by atoms with E-state index in [2.05, 4.69) is 5.32 Å². The van der Waals surface area contributed by atoms with Crippen LogP contribution in [0, 0.1) is 20.2 Å². The minimum absolute atomic E-state index is 0.0701. The van der Waals surface area contributed by atoms with Crippen molar-refractivity contribution in [2.75, 3.05) is 6.61 Å². The van der Waals surface area contributed by atoms with E-state index in [-0.39, 0.29) is 35.6 Å². The molecule has 2 rings (SSSR count). The molecule has 0 heterocycles. The van der Waals surface area contributed by atoms with Crippen molar-refractivity contribution in [3.05, 3.63) is 62.2 Å². The summed E-state index contributed by atoms with van der Waals surface area (Å²) < 4.78 is 10.2. The van der Waals surface area contributed by atoms with Crippen molar-refractivity contribution < 1.29 is 28.9 Å². The summed E-state index contributed by atoms with van der Waals surface area (Å²) in [5.41, 5.74) is -0.316. The molecule has 0 aliphatic carbocycles. The third-order valence-electron chi connectivity index (χ3n) is 4.21. The molecule has 0 atom stereocenters. The number of amides is 1. The molecule has 11 nitrogen and oxygen atoms in total. The number of hydrogen-bond donors (Lipinski definition) is 1. The van der Waals surface area contributed by atoms with Crippen molar-refractivity contribution in [1.82, 2.24) is 5.32 Å². The van der Waals surface area contributed by atoms with Crippen molar-refractivity contribution >= 4 is 23.4 Å². The molecule has 0 aromatic heterocycles. The van der Waals surface area contributed by atoms with Crippen molar-refractivity contribution in [3.63, 3.8) is 0 Å². The van der Waals surface area contributed by atoms with Crippen LogP contribution < -0.4 is 10.1 Å². The van der Waals surface area contributed by atoms with Crippen LogP contribution in [-0.2, 0) is 16.1 Å². The van der Waals surface area contributed by atoms with Gasteiger partial charge in [-0.2, -0.15) is 0 Å². The van der Waals surface area contributed by atoms with E-state index in [1.807, 2.05) is 6.92 Å². The largest absolute Gasteiger partial charge is 0.450 e. The Balaban J connectivity index is 2.50. The van der Waals surface area contributed by atoms with Crippen LogP contribution in [0.3, 0.4) is 0 Å². The number of hydrogen-bond acceptors (Lipinski definition) is 8. The van der Waals surface area contributed by atoms with Crippen molar-refractivity contribution in [2.45, 2.75) is 33.2 Å². The summed E-state index contributed by atoms with van der Waals surface area (Å²) in [6, 6.07) is 7.75. The first-order valence-electron chi connectivity index (χ1n) is 9.38. The van der Waals surface area contributed by atoms with E-state index in [0.29, 0.717) is 6.42 Å². The Kier molecular flexibility index (Phi) is 8.01. The Bertz CT molecular complexity index is 1010. The zero-order valence-electron chi connectivity index (χ0n) is 17.0. The van der Waals surface area contributed by atoms with Gasteiger partial charge in [-0.25, -0.2) is 4.79 Å². The quantitative estimate of drug-likeness (QED) is 0.205. The first-order chi connectivity index (χ1) is 14.7. The van der Waals surface area contributed by atoms with Gasteiger partial charge in [0.1, 0.15) is 5.75 Å². The monoisotopic (exact) mass is 431 g/mol. The number of nitrogens with zero attached hydrogens (tertiary/aromatic N) is 2. The lowest BCUT2D eigenvalue weighted by Crippen LogP contribution is -2.25. The van der Waals surface area contributed by atoms with Crippen LogP contribution >= 0.6 is 0 Å². The Morgan fingerprint density at radius 1 is 1.06 bits per heavy atom. The predicted molar refractivity (Wildman–Crippen MR) is 110 cm³/mol. The second-order valence-electron chi connectivity index (χ2n) is 6.43. The average Bonchev–Trinajstić information content (AvgIpc) is 2.72. The van der Waals surface area contributed by atoms with Crippen molar-refractivity contribution in [3.8, 4) is 16.9 Å². The number of non-ortho nitro benzene ring substituents is 1. The molecule has 31 heavy (non-hydrogen) atoms. The fourth-order valence-electron chi connectivity index (χ4n) is 2.78. The van der Waals surface area contributed by atoms with Crippen LogP contribution in [0.4, 0.5) is 16.2 Å². The molecule has 1 amide bonds. The predicted octanol–water partition coefficient (Wildman–Crippen LogP) is 4.12.